The van der Waals surface area contributed by atoms with Crippen molar-refractivity contribution in [2.75, 3.05) is 58.8 Å². The van der Waals surface area contributed by atoms with Crippen LogP contribution in [0.2, 0.25) is 0 Å². The van der Waals surface area contributed by atoms with Crippen LogP contribution in [0, 0.1) is 17.5 Å². The van der Waals surface area contributed by atoms with Crippen LogP contribution in [-0.2, 0) is 9.53 Å². The Morgan fingerprint density at radius 3 is 2.55 bits per heavy atom. The smallest absolute Gasteiger partial charge is 0.246 e. The number of amides is 1. The molecule has 29 heavy (non-hydrogen) atoms. The Balaban J connectivity index is 0.00000784. The van der Waals surface area contributed by atoms with E-state index in [1.807, 2.05) is 14.0 Å². The maximum atomic E-state index is 13.6. The van der Waals surface area contributed by atoms with Gasteiger partial charge in [-0.25, -0.2) is 18.2 Å². The van der Waals surface area contributed by atoms with Crippen LogP contribution in [0.1, 0.15) is 13.3 Å². The normalized spacial score (nSPS) is 11.2. The first-order valence-corrected chi connectivity index (χ1v) is 9.02. The maximum absolute atomic E-state index is 13.6. The summed E-state index contributed by atoms with van der Waals surface area (Å²) in [6, 6.07) is 1.70. The molecule has 0 unspecified atom stereocenters. The fourth-order valence-corrected chi connectivity index (χ4v) is 2.26. The average molecular weight is 531 g/mol. The molecule has 1 rings (SSSR count). The third-order valence-electron chi connectivity index (χ3n) is 3.71. The molecule has 0 aromatic heterocycles. The minimum absolute atomic E-state index is 0. The van der Waals surface area contributed by atoms with Gasteiger partial charge in [0.05, 0.1) is 5.69 Å². The number of halogens is 4. The van der Waals surface area contributed by atoms with Crippen LogP contribution < -0.4 is 16.0 Å². The fourth-order valence-electron chi connectivity index (χ4n) is 2.26. The standard InChI is InChI=1S/C18H28F3N5O2.HI/c1-4-22-18(23-8-10-26(2)9-5-11-28-3)24-12-15(27)25-14-7-6-13(19)16(20)17(14)21;/h6-7H,4-5,8-12H2,1-3H3,(H,25,27)(H2,22,23,24);1H. The van der Waals surface area contributed by atoms with Gasteiger partial charge in [-0.3, -0.25) is 4.79 Å². The number of ether oxygens (including phenoxy) is 1. The highest BCUT2D eigenvalue weighted by atomic mass is 127. The summed E-state index contributed by atoms with van der Waals surface area (Å²) in [5.74, 6) is -4.63. The summed E-state index contributed by atoms with van der Waals surface area (Å²) in [6.45, 7) is 5.13. The molecule has 166 valence electrons. The number of anilines is 1. The van der Waals surface area contributed by atoms with Crippen molar-refractivity contribution in [3.05, 3.63) is 29.6 Å². The highest BCUT2D eigenvalue weighted by Crippen LogP contribution is 2.19. The van der Waals surface area contributed by atoms with Gasteiger partial charge in [0.25, 0.3) is 0 Å². The molecule has 3 N–H and O–H groups in total. The van der Waals surface area contributed by atoms with E-state index in [1.165, 1.54) is 0 Å². The van der Waals surface area contributed by atoms with Gasteiger partial charge < -0.3 is 25.6 Å². The number of methoxy groups -OCH3 is 1. The molecule has 0 atom stereocenters. The molecule has 1 aromatic carbocycles. The molecule has 0 spiro atoms. The van der Waals surface area contributed by atoms with Gasteiger partial charge in [0, 0.05) is 39.9 Å². The number of carbonyl (C=O) groups excluding carboxylic acids is 1. The Hall–Kier alpha value is -1.60. The van der Waals surface area contributed by atoms with Gasteiger partial charge in [-0.05, 0) is 32.5 Å². The summed E-state index contributed by atoms with van der Waals surface area (Å²) in [4.78, 5) is 18.2. The number of nitrogens with zero attached hydrogens (tertiary/aromatic N) is 2. The summed E-state index contributed by atoms with van der Waals surface area (Å²) in [7, 11) is 3.66. The van der Waals surface area contributed by atoms with Crippen LogP contribution >= 0.6 is 24.0 Å². The topological polar surface area (TPSA) is 78.0 Å². The summed E-state index contributed by atoms with van der Waals surface area (Å²) in [5, 5.41) is 8.26. The van der Waals surface area contributed by atoms with Gasteiger partial charge >= 0.3 is 0 Å². The Labute approximate surface area is 186 Å². The lowest BCUT2D eigenvalue weighted by molar-refractivity contribution is -0.114. The second-order valence-electron chi connectivity index (χ2n) is 6.04. The largest absolute Gasteiger partial charge is 0.385 e. The van der Waals surface area contributed by atoms with Crippen LogP contribution in [0.15, 0.2) is 17.1 Å². The number of benzene rings is 1. The zero-order chi connectivity index (χ0) is 20.9. The number of nitrogens with one attached hydrogen (secondary N) is 3. The predicted octanol–water partition coefficient (Wildman–Crippen LogP) is 2.18. The van der Waals surface area contributed by atoms with Crippen molar-refractivity contribution in [3.8, 4) is 0 Å². The predicted molar refractivity (Wildman–Crippen MR) is 118 cm³/mol. The van der Waals surface area contributed by atoms with Crippen molar-refractivity contribution in [1.82, 2.24) is 15.5 Å². The van der Waals surface area contributed by atoms with E-state index in [0.29, 0.717) is 25.7 Å². The molecular formula is C18H29F3IN5O2. The monoisotopic (exact) mass is 531 g/mol. The summed E-state index contributed by atoms with van der Waals surface area (Å²) in [5.41, 5.74) is -0.435. The van der Waals surface area contributed by atoms with Crippen molar-refractivity contribution in [2.24, 2.45) is 4.99 Å². The van der Waals surface area contributed by atoms with E-state index in [4.69, 9.17) is 4.74 Å². The van der Waals surface area contributed by atoms with Crippen molar-refractivity contribution < 1.29 is 22.7 Å². The van der Waals surface area contributed by atoms with Gasteiger partial charge in [-0.15, -0.1) is 24.0 Å². The number of hydrogen-bond donors (Lipinski definition) is 3. The first-order valence-electron chi connectivity index (χ1n) is 9.02. The lowest BCUT2D eigenvalue weighted by Gasteiger charge is -2.18. The molecule has 0 heterocycles. The lowest BCUT2D eigenvalue weighted by atomic mass is 10.3. The van der Waals surface area contributed by atoms with Crippen LogP contribution in [0.5, 0.6) is 0 Å². The molecule has 7 nitrogen and oxygen atoms in total. The highest BCUT2D eigenvalue weighted by Gasteiger charge is 2.15. The minimum Gasteiger partial charge on any atom is -0.385 e. The van der Waals surface area contributed by atoms with E-state index >= 15 is 0 Å². The van der Waals surface area contributed by atoms with E-state index in [1.54, 1.807) is 7.11 Å². The van der Waals surface area contributed by atoms with Gasteiger partial charge in [-0.1, -0.05) is 0 Å². The Bertz CT molecular complexity index is 665. The van der Waals surface area contributed by atoms with Crippen molar-refractivity contribution >= 4 is 41.5 Å². The number of carbonyl (C=O) groups is 1. The molecule has 0 radical (unpaired) electrons. The third kappa shape index (κ3) is 10.7. The molecule has 0 saturated heterocycles. The van der Waals surface area contributed by atoms with E-state index in [2.05, 4.69) is 25.8 Å². The Morgan fingerprint density at radius 1 is 1.17 bits per heavy atom. The molecule has 0 bridgehead atoms. The van der Waals surface area contributed by atoms with Crippen molar-refractivity contribution in [1.29, 1.82) is 0 Å². The Morgan fingerprint density at radius 2 is 1.90 bits per heavy atom. The van der Waals surface area contributed by atoms with E-state index < -0.39 is 29.0 Å². The molecule has 0 fully saturated rings. The number of rotatable bonds is 11. The van der Waals surface area contributed by atoms with Crippen molar-refractivity contribution in [2.45, 2.75) is 13.3 Å². The number of hydrogen-bond acceptors (Lipinski definition) is 4. The molecule has 1 aromatic rings. The van der Waals surface area contributed by atoms with E-state index in [-0.39, 0.29) is 30.5 Å². The minimum atomic E-state index is -1.63. The van der Waals surface area contributed by atoms with Crippen LogP contribution in [0.25, 0.3) is 0 Å². The molecule has 0 saturated carbocycles. The number of guanidine groups is 1. The molecule has 1 amide bonds. The van der Waals surface area contributed by atoms with Crippen LogP contribution in [0.3, 0.4) is 0 Å². The summed E-state index contributed by atoms with van der Waals surface area (Å²) >= 11 is 0. The first-order chi connectivity index (χ1) is 13.4. The highest BCUT2D eigenvalue weighted by molar-refractivity contribution is 14.0. The molecule has 0 aliphatic carbocycles. The number of aliphatic imine (C=N–C) groups is 1. The zero-order valence-corrected chi connectivity index (χ0v) is 19.2. The molecule has 0 aliphatic rings. The maximum Gasteiger partial charge on any atom is 0.246 e. The lowest BCUT2D eigenvalue weighted by Crippen LogP contribution is -2.41. The average Bonchev–Trinajstić information content (AvgIpc) is 2.67. The zero-order valence-electron chi connectivity index (χ0n) is 16.9. The van der Waals surface area contributed by atoms with Crippen LogP contribution in [0.4, 0.5) is 18.9 Å². The van der Waals surface area contributed by atoms with Crippen molar-refractivity contribution in [3.63, 3.8) is 0 Å². The van der Waals surface area contributed by atoms with E-state index in [0.717, 1.165) is 31.6 Å². The quantitative estimate of drug-likeness (QED) is 0.134. The Kier molecular flexibility index (Phi) is 14.4. The fraction of sp³-hybridized carbons (Fsp3) is 0.556. The third-order valence-corrected chi connectivity index (χ3v) is 3.71. The molecular weight excluding hydrogens is 502 g/mol. The van der Waals surface area contributed by atoms with Gasteiger partial charge in [0.15, 0.2) is 23.4 Å². The second-order valence-corrected chi connectivity index (χ2v) is 6.04. The SMILES string of the molecule is CCNC(=NCC(=O)Nc1ccc(F)c(F)c1F)NCCN(C)CCCOC.I. The molecule has 11 heteroatoms. The van der Waals surface area contributed by atoms with Gasteiger partial charge in [-0.2, -0.15) is 0 Å². The van der Waals surface area contributed by atoms with E-state index in [9.17, 15) is 18.0 Å². The first kappa shape index (κ1) is 27.4. The second kappa shape index (κ2) is 15.3. The van der Waals surface area contributed by atoms with Gasteiger partial charge in [0.1, 0.15) is 6.54 Å². The molecule has 0 aliphatic heterocycles. The number of likely N-dealkylation sites (N-methyl/N-ethyl adjacent to an activating group) is 1. The van der Waals surface area contributed by atoms with Gasteiger partial charge in [0.2, 0.25) is 5.91 Å². The summed E-state index contributed by atoms with van der Waals surface area (Å²) in [6.07, 6.45) is 0.932. The van der Waals surface area contributed by atoms with Crippen LogP contribution in [-0.4, -0.2) is 70.3 Å². The summed E-state index contributed by atoms with van der Waals surface area (Å²) < 4.78 is 44.7.